The summed E-state index contributed by atoms with van der Waals surface area (Å²) in [5, 5.41) is 32.7. The van der Waals surface area contributed by atoms with Crippen LogP contribution in [0, 0.1) is 16.7 Å². The SMILES string of the molecule is CC1=CC=C2C(=O)C(N=NC3=C(C(C)(C)C)CC(C(C)(C)CO)C(O)=C3)CNC2C1. The van der Waals surface area contributed by atoms with Crippen LogP contribution in [0.25, 0.3) is 0 Å². The third kappa shape index (κ3) is 4.49. The van der Waals surface area contributed by atoms with Crippen molar-refractivity contribution in [3.8, 4) is 0 Å². The van der Waals surface area contributed by atoms with E-state index < -0.39 is 11.5 Å². The topological polar surface area (TPSA) is 94.3 Å². The van der Waals surface area contributed by atoms with E-state index in [-0.39, 0.29) is 35.5 Å². The predicted molar refractivity (Wildman–Crippen MR) is 118 cm³/mol. The molecule has 1 heterocycles. The summed E-state index contributed by atoms with van der Waals surface area (Å²) in [6, 6.07) is -0.492. The Hall–Kier alpha value is -2.05. The van der Waals surface area contributed by atoms with Gasteiger partial charge in [-0.15, -0.1) is 0 Å². The lowest BCUT2D eigenvalue weighted by atomic mass is 9.68. The van der Waals surface area contributed by atoms with Crippen LogP contribution in [-0.4, -0.2) is 41.2 Å². The van der Waals surface area contributed by atoms with E-state index in [4.69, 9.17) is 0 Å². The summed E-state index contributed by atoms with van der Waals surface area (Å²) in [7, 11) is 0. The zero-order valence-corrected chi connectivity index (χ0v) is 19.0. The third-order valence-corrected chi connectivity index (χ3v) is 6.51. The minimum atomic E-state index is -0.560. The molecule has 1 aliphatic heterocycles. The normalized spacial score (nSPS) is 28.3. The second-order valence-electron chi connectivity index (χ2n) is 10.5. The Balaban J connectivity index is 1.88. The van der Waals surface area contributed by atoms with E-state index >= 15 is 0 Å². The first kappa shape index (κ1) is 22.6. The van der Waals surface area contributed by atoms with Crippen molar-refractivity contribution >= 4 is 5.78 Å². The molecular weight excluding hydrogens is 378 g/mol. The van der Waals surface area contributed by atoms with Crippen molar-refractivity contribution in [1.29, 1.82) is 0 Å². The van der Waals surface area contributed by atoms with Gasteiger partial charge in [0.15, 0.2) is 5.78 Å². The molecule has 3 unspecified atom stereocenters. The summed E-state index contributed by atoms with van der Waals surface area (Å²) in [5.74, 6) is 0.0454. The van der Waals surface area contributed by atoms with Crippen molar-refractivity contribution in [3.05, 3.63) is 46.4 Å². The number of hydrogen-bond donors (Lipinski definition) is 3. The number of piperidine rings is 1. The number of carbonyl (C=O) groups is 1. The third-order valence-electron chi connectivity index (χ3n) is 6.51. The maximum absolute atomic E-state index is 12.9. The van der Waals surface area contributed by atoms with Gasteiger partial charge in [-0.2, -0.15) is 10.2 Å². The van der Waals surface area contributed by atoms with Crippen LogP contribution in [-0.2, 0) is 4.79 Å². The van der Waals surface area contributed by atoms with Gasteiger partial charge >= 0.3 is 0 Å². The molecule has 1 saturated heterocycles. The zero-order valence-electron chi connectivity index (χ0n) is 19.0. The van der Waals surface area contributed by atoms with Crippen LogP contribution in [0.3, 0.4) is 0 Å². The van der Waals surface area contributed by atoms with Gasteiger partial charge < -0.3 is 15.5 Å². The van der Waals surface area contributed by atoms with Gasteiger partial charge in [0.2, 0.25) is 0 Å². The number of hydrogen-bond acceptors (Lipinski definition) is 6. The largest absolute Gasteiger partial charge is 0.512 e. The highest BCUT2D eigenvalue weighted by Crippen LogP contribution is 2.45. The summed E-state index contributed by atoms with van der Waals surface area (Å²) in [5.41, 5.74) is 3.09. The number of allylic oxidation sites excluding steroid dienone is 5. The van der Waals surface area contributed by atoms with Crippen molar-refractivity contribution < 1.29 is 15.0 Å². The highest BCUT2D eigenvalue weighted by molar-refractivity contribution is 6.02. The predicted octanol–water partition coefficient (Wildman–Crippen LogP) is 4.41. The lowest BCUT2D eigenvalue weighted by Crippen LogP contribution is -2.49. The van der Waals surface area contributed by atoms with E-state index in [2.05, 4.69) is 43.2 Å². The molecule has 3 N–H and O–H groups in total. The number of aliphatic hydroxyl groups is 2. The molecule has 0 radical (unpaired) electrons. The molecule has 3 aliphatic rings. The number of Topliss-reactive ketones (excluding diaryl/α,β-unsaturated/α-hetero) is 1. The summed E-state index contributed by atoms with van der Waals surface area (Å²) < 4.78 is 0. The molecule has 0 aromatic rings. The van der Waals surface area contributed by atoms with Crippen LogP contribution >= 0.6 is 0 Å². The minimum Gasteiger partial charge on any atom is -0.512 e. The van der Waals surface area contributed by atoms with E-state index in [0.29, 0.717) is 18.7 Å². The summed E-state index contributed by atoms with van der Waals surface area (Å²) >= 11 is 0. The molecule has 6 nitrogen and oxygen atoms in total. The van der Waals surface area contributed by atoms with E-state index in [1.165, 1.54) is 5.57 Å². The summed E-state index contributed by atoms with van der Waals surface area (Å²) in [4.78, 5) is 12.9. The van der Waals surface area contributed by atoms with E-state index in [1.807, 2.05) is 26.0 Å². The summed E-state index contributed by atoms with van der Waals surface area (Å²) in [6.45, 7) is 12.7. The Morgan fingerprint density at radius 2 is 1.87 bits per heavy atom. The first-order chi connectivity index (χ1) is 13.9. The van der Waals surface area contributed by atoms with Gasteiger partial charge in [0.25, 0.3) is 0 Å². The van der Waals surface area contributed by atoms with E-state index in [1.54, 1.807) is 6.08 Å². The second-order valence-corrected chi connectivity index (χ2v) is 10.5. The Morgan fingerprint density at radius 1 is 1.17 bits per heavy atom. The van der Waals surface area contributed by atoms with Crippen LogP contribution in [0.4, 0.5) is 0 Å². The monoisotopic (exact) mass is 413 g/mol. The van der Waals surface area contributed by atoms with Gasteiger partial charge in [-0.25, -0.2) is 0 Å². The fraction of sp³-hybridized carbons (Fsp3) is 0.625. The standard InChI is InChI=1S/C24H35N3O3/c1-14-7-8-15-18(9-14)25-12-20(22(15)30)27-26-19-11-21(29)17(24(5,6)13-28)10-16(19)23(2,3)4/h7-8,11,17-18,20,25,28-29H,9-10,12-13H2,1-6H3. The number of nitrogens with one attached hydrogen (secondary N) is 1. The van der Waals surface area contributed by atoms with Crippen LogP contribution in [0.15, 0.2) is 56.6 Å². The molecular formula is C24H35N3O3. The van der Waals surface area contributed by atoms with Crippen molar-refractivity contribution in [1.82, 2.24) is 5.32 Å². The highest BCUT2D eigenvalue weighted by atomic mass is 16.3. The van der Waals surface area contributed by atoms with Crippen molar-refractivity contribution in [2.24, 2.45) is 27.0 Å². The Kier molecular flexibility index (Phi) is 6.21. The van der Waals surface area contributed by atoms with Gasteiger partial charge in [0.1, 0.15) is 6.04 Å². The van der Waals surface area contributed by atoms with E-state index in [9.17, 15) is 15.0 Å². The van der Waals surface area contributed by atoms with Crippen LogP contribution in [0.5, 0.6) is 0 Å². The first-order valence-corrected chi connectivity index (χ1v) is 10.7. The average Bonchev–Trinajstić information content (AvgIpc) is 2.66. The van der Waals surface area contributed by atoms with Gasteiger partial charge in [0, 0.05) is 36.8 Å². The summed E-state index contributed by atoms with van der Waals surface area (Å²) in [6.07, 6.45) is 7.00. The number of nitrogens with zero attached hydrogens (tertiary/aromatic N) is 2. The van der Waals surface area contributed by atoms with Gasteiger partial charge in [-0.05, 0) is 36.2 Å². The molecule has 164 valence electrons. The minimum absolute atomic E-state index is 0.0176. The lowest BCUT2D eigenvalue weighted by molar-refractivity contribution is -0.117. The van der Waals surface area contributed by atoms with Crippen molar-refractivity contribution in [3.63, 3.8) is 0 Å². The van der Waals surface area contributed by atoms with Crippen LogP contribution < -0.4 is 5.32 Å². The number of carbonyl (C=O) groups excluding carboxylic acids is 1. The number of rotatable bonds is 4. The highest BCUT2D eigenvalue weighted by Gasteiger charge is 2.39. The Labute approximate surface area is 179 Å². The molecule has 0 aromatic carbocycles. The van der Waals surface area contributed by atoms with Crippen LogP contribution in [0.1, 0.15) is 54.4 Å². The van der Waals surface area contributed by atoms with Crippen LogP contribution in [0.2, 0.25) is 0 Å². The average molecular weight is 414 g/mol. The van der Waals surface area contributed by atoms with E-state index in [0.717, 1.165) is 17.6 Å². The molecule has 3 atom stereocenters. The molecule has 0 aromatic heterocycles. The molecule has 0 bridgehead atoms. The fourth-order valence-corrected chi connectivity index (χ4v) is 4.36. The molecule has 6 heteroatoms. The molecule has 3 rings (SSSR count). The lowest BCUT2D eigenvalue weighted by Gasteiger charge is -2.38. The molecule has 2 aliphatic carbocycles. The number of azo groups is 1. The maximum Gasteiger partial charge on any atom is 0.188 e. The van der Waals surface area contributed by atoms with Gasteiger partial charge in [-0.1, -0.05) is 52.3 Å². The molecule has 1 fully saturated rings. The van der Waals surface area contributed by atoms with Gasteiger partial charge in [-0.3, -0.25) is 4.79 Å². The van der Waals surface area contributed by atoms with Crippen molar-refractivity contribution in [2.75, 3.05) is 13.2 Å². The molecule has 30 heavy (non-hydrogen) atoms. The molecule has 0 amide bonds. The number of fused-ring (bicyclic) bond motifs is 1. The molecule has 0 saturated carbocycles. The number of aliphatic hydroxyl groups excluding tert-OH is 2. The van der Waals surface area contributed by atoms with Crippen molar-refractivity contribution in [2.45, 2.75) is 66.5 Å². The first-order valence-electron chi connectivity index (χ1n) is 10.7. The Morgan fingerprint density at radius 3 is 2.50 bits per heavy atom. The second kappa shape index (κ2) is 8.23. The smallest absolute Gasteiger partial charge is 0.188 e. The number of ketones is 1. The maximum atomic E-state index is 12.9. The fourth-order valence-electron chi connectivity index (χ4n) is 4.36. The Bertz CT molecular complexity index is 869. The van der Waals surface area contributed by atoms with Gasteiger partial charge in [0.05, 0.1) is 11.5 Å². The molecule has 0 spiro atoms. The zero-order chi connectivity index (χ0) is 22.3. The quantitative estimate of drug-likeness (QED) is 0.595.